The van der Waals surface area contributed by atoms with Crippen LogP contribution in [0.4, 0.5) is 10.1 Å². The van der Waals surface area contributed by atoms with E-state index in [0.717, 1.165) is 0 Å². The van der Waals surface area contributed by atoms with E-state index in [1.165, 1.54) is 43.5 Å². The summed E-state index contributed by atoms with van der Waals surface area (Å²) >= 11 is 0. The van der Waals surface area contributed by atoms with E-state index < -0.39 is 5.91 Å². The maximum Gasteiger partial charge on any atom is 0.274 e. The molecule has 1 aromatic heterocycles. The van der Waals surface area contributed by atoms with Gasteiger partial charge in [-0.3, -0.25) is 19.4 Å². The monoisotopic (exact) mass is 584 g/mol. The smallest absolute Gasteiger partial charge is 0.274 e. The van der Waals surface area contributed by atoms with Crippen molar-refractivity contribution >= 4 is 23.4 Å². The number of piperidine rings is 1. The number of carbonyl (C=O) groups excluding carboxylic acids is 3. The molecule has 0 aliphatic carbocycles. The third-order valence-electron chi connectivity index (χ3n) is 6.53. The number of allylic oxidation sites excluding steroid dienone is 3. The van der Waals surface area contributed by atoms with E-state index in [9.17, 15) is 18.8 Å². The number of hydrogen-bond donors (Lipinski definition) is 2. The molecule has 0 spiro atoms. The van der Waals surface area contributed by atoms with Crippen molar-refractivity contribution in [1.82, 2.24) is 15.2 Å². The SMILES string of the molecule is C=C(/C=C\C(=C/C)NC(=O)c1ccc(C(=O)N2CCC(Oc3ccc(NC(C)=O)cc3)CC2)cn1)Oc1ccc(F)cc1. The fourth-order valence-corrected chi connectivity index (χ4v) is 4.30. The summed E-state index contributed by atoms with van der Waals surface area (Å²) in [7, 11) is 0. The molecule has 3 amide bonds. The Kier molecular flexibility index (Phi) is 10.4. The average molecular weight is 585 g/mol. The first-order chi connectivity index (χ1) is 20.7. The summed E-state index contributed by atoms with van der Waals surface area (Å²) in [4.78, 5) is 42.9. The molecule has 43 heavy (non-hydrogen) atoms. The summed E-state index contributed by atoms with van der Waals surface area (Å²) in [5.74, 6) is 0.341. The molecule has 10 heteroatoms. The number of nitrogens with one attached hydrogen (secondary N) is 2. The van der Waals surface area contributed by atoms with E-state index in [-0.39, 0.29) is 29.4 Å². The van der Waals surface area contributed by atoms with E-state index in [1.54, 1.807) is 48.3 Å². The summed E-state index contributed by atoms with van der Waals surface area (Å²) in [5.41, 5.74) is 1.74. The molecule has 1 aliphatic heterocycles. The van der Waals surface area contributed by atoms with Crippen molar-refractivity contribution in [3.63, 3.8) is 0 Å². The number of hydrogen-bond acceptors (Lipinski definition) is 6. The number of amides is 3. The second kappa shape index (κ2) is 14.6. The van der Waals surface area contributed by atoms with Crippen LogP contribution in [0.3, 0.4) is 0 Å². The van der Waals surface area contributed by atoms with Gasteiger partial charge in [0.15, 0.2) is 0 Å². The van der Waals surface area contributed by atoms with Crippen LogP contribution in [-0.4, -0.2) is 46.8 Å². The minimum absolute atomic E-state index is 0.0265. The molecule has 222 valence electrons. The van der Waals surface area contributed by atoms with Gasteiger partial charge in [0.1, 0.15) is 34.9 Å². The highest BCUT2D eigenvalue weighted by atomic mass is 19.1. The highest BCUT2D eigenvalue weighted by molar-refractivity contribution is 5.97. The lowest BCUT2D eigenvalue weighted by molar-refractivity contribution is -0.114. The van der Waals surface area contributed by atoms with Crippen molar-refractivity contribution in [2.45, 2.75) is 32.8 Å². The number of benzene rings is 2. The van der Waals surface area contributed by atoms with Gasteiger partial charge in [-0.2, -0.15) is 0 Å². The topological polar surface area (TPSA) is 110 Å². The standard InChI is InChI=1S/C33H33FN4O5/c1-4-26(9-5-22(2)42-28-12-7-25(34)8-13-28)37-32(40)31-16-6-24(21-35-31)33(41)38-19-17-30(18-20-38)43-29-14-10-27(11-15-29)36-23(3)39/h4-16,21,30H,2,17-20H2,1,3H3,(H,36,39)(H,37,40)/b9-5-,26-4+. The lowest BCUT2D eigenvalue weighted by Crippen LogP contribution is -2.41. The molecule has 0 bridgehead atoms. The summed E-state index contributed by atoms with van der Waals surface area (Å²) in [5, 5.41) is 5.48. The third kappa shape index (κ3) is 9.12. The highest BCUT2D eigenvalue weighted by Gasteiger charge is 2.25. The Hall–Kier alpha value is -5.25. The predicted octanol–water partition coefficient (Wildman–Crippen LogP) is 5.65. The summed E-state index contributed by atoms with van der Waals surface area (Å²) in [6.45, 7) is 8.08. The number of pyridine rings is 1. The van der Waals surface area contributed by atoms with Crippen LogP contribution in [0.1, 0.15) is 47.5 Å². The molecule has 2 N–H and O–H groups in total. The van der Waals surface area contributed by atoms with Crippen LogP contribution < -0.4 is 20.1 Å². The molecule has 1 saturated heterocycles. The first kappa shape index (κ1) is 30.7. The normalized spacial score (nSPS) is 13.8. The number of nitrogens with zero attached hydrogens (tertiary/aromatic N) is 2. The van der Waals surface area contributed by atoms with Gasteiger partial charge in [0.25, 0.3) is 11.8 Å². The first-order valence-corrected chi connectivity index (χ1v) is 13.8. The van der Waals surface area contributed by atoms with Gasteiger partial charge in [0.05, 0.1) is 5.56 Å². The van der Waals surface area contributed by atoms with E-state index in [2.05, 4.69) is 22.2 Å². The van der Waals surface area contributed by atoms with Crippen molar-refractivity contribution in [2.75, 3.05) is 18.4 Å². The van der Waals surface area contributed by atoms with Crippen LogP contribution >= 0.6 is 0 Å². The summed E-state index contributed by atoms with van der Waals surface area (Å²) in [6.07, 6.45) is 7.62. The van der Waals surface area contributed by atoms with Gasteiger partial charge < -0.3 is 25.0 Å². The predicted molar refractivity (Wildman–Crippen MR) is 161 cm³/mol. The number of aromatic nitrogens is 1. The van der Waals surface area contributed by atoms with Gasteiger partial charge in [0.2, 0.25) is 5.91 Å². The molecule has 0 radical (unpaired) electrons. The second-order valence-corrected chi connectivity index (χ2v) is 9.80. The number of ether oxygens (including phenoxy) is 2. The summed E-state index contributed by atoms with van der Waals surface area (Å²) < 4.78 is 24.6. The Labute approximate surface area is 249 Å². The molecular weight excluding hydrogens is 551 g/mol. The Bertz CT molecular complexity index is 1510. The van der Waals surface area contributed by atoms with E-state index in [0.29, 0.717) is 60.1 Å². The highest BCUT2D eigenvalue weighted by Crippen LogP contribution is 2.22. The van der Waals surface area contributed by atoms with Crippen LogP contribution in [0.15, 0.2) is 103 Å². The zero-order chi connectivity index (χ0) is 30.8. The number of carbonyl (C=O) groups is 3. The lowest BCUT2D eigenvalue weighted by Gasteiger charge is -2.32. The minimum Gasteiger partial charge on any atom is -0.490 e. The van der Waals surface area contributed by atoms with Gasteiger partial charge in [-0.25, -0.2) is 4.39 Å². The zero-order valence-corrected chi connectivity index (χ0v) is 24.0. The van der Waals surface area contributed by atoms with Crippen molar-refractivity contribution in [3.8, 4) is 11.5 Å². The average Bonchev–Trinajstić information content (AvgIpc) is 3.01. The quantitative estimate of drug-likeness (QED) is 0.236. The Morgan fingerprint density at radius 3 is 2.26 bits per heavy atom. The maximum atomic E-state index is 13.1. The molecule has 2 aromatic carbocycles. The van der Waals surface area contributed by atoms with Gasteiger partial charge in [-0.15, -0.1) is 0 Å². The lowest BCUT2D eigenvalue weighted by atomic mass is 10.1. The minimum atomic E-state index is -0.440. The second-order valence-electron chi connectivity index (χ2n) is 9.80. The molecule has 4 rings (SSSR count). The van der Waals surface area contributed by atoms with Crippen molar-refractivity contribution in [3.05, 3.63) is 120 Å². The summed E-state index contributed by atoms with van der Waals surface area (Å²) in [6, 6.07) is 15.8. The molecule has 0 atom stereocenters. The van der Waals surface area contributed by atoms with Crippen molar-refractivity contribution in [2.24, 2.45) is 0 Å². The molecule has 1 aliphatic rings. The Morgan fingerprint density at radius 2 is 1.65 bits per heavy atom. The largest absolute Gasteiger partial charge is 0.490 e. The van der Waals surface area contributed by atoms with Crippen LogP contribution in [0.25, 0.3) is 0 Å². The van der Waals surface area contributed by atoms with Crippen molar-refractivity contribution < 1.29 is 28.2 Å². The van der Waals surface area contributed by atoms with E-state index >= 15 is 0 Å². The Balaban J connectivity index is 1.24. The third-order valence-corrected chi connectivity index (χ3v) is 6.53. The van der Waals surface area contributed by atoms with Crippen LogP contribution in [0, 0.1) is 5.82 Å². The van der Waals surface area contributed by atoms with E-state index in [4.69, 9.17) is 9.47 Å². The van der Waals surface area contributed by atoms with Crippen molar-refractivity contribution in [1.29, 1.82) is 0 Å². The van der Waals surface area contributed by atoms with Gasteiger partial charge >= 0.3 is 0 Å². The fourth-order valence-electron chi connectivity index (χ4n) is 4.30. The molecule has 9 nitrogen and oxygen atoms in total. The van der Waals surface area contributed by atoms with E-state index in [1.807, 2.05) is 12.1 Å². The Morgan fingerprint density at radius 1 is 0.977 bits per heavy atom. The molecule has 0 saturated carbocycles. The molecular formula is C33H33FN4O5. The van der Waals surface area contributed by atoms with Crippen LogP contribution in [0.5, 0.6) is 11.5 Å². The maximum absolute atomic E-state index is 13.1. The molecule has 1 fully saturated rings. The van der Waals surface area contributed by atoms with Crippen LogP contribution in [-0.2, 0) is 4.79 Å². The zero-order valence-electron chi connectivity index (χ0n) is 24.0. The molecule has 0 unspecified atom stereocenters. The molecule has 2 heterocycles. The first-order valence-electron chi connectivity index (χ1n) is 13.8. The van der Waals surface area contributed by atoms with Crippen LogP contribution in [0.2, 0.25) is 0 Å². The number of likely N-dealkylation sites (tertiary alicyclic amines) is 1. The fraction of sp³-hybridized carbons (Fsp3) is 0.212. The molecule has 3 aromatic rings. The number of halogens is 1. The van der Waals surface area contributed by atoms with Gasteiger partial charge in [-0.05, 0) is 79.7 Å². The van der Waals surface area contributed by atoms with Gasteiger partial charge in [-0.1, -0.05) is 12.7 Å². The number of rotatable bonds is 10. The van der Waals surface area contributed by atoms with Gasteiger partial charge in [0, 0.05) is 50.4 Å². The number of anilines is 1.